The van der Waals surface area contributed by atoms with Gasteiger partial charge in [-0.3, -0.25) is 0 Å². The van der Waals surface area contributed by atoms with Gasteiger partial charge in [0.25, 0.3) is 0 Å². The van der Waals surface area contributed by atoms with E-state index in [1.807, 2.05) is 23.7 Å². The Hall–Kier alpha value is -2.46. The van der Waals surface area contributed by atoms with Crippen LogP contribution in [0.5, 0.6) is 0 Å². The highest BCUT2D eigenvalue weighted by Gasteiger charge is 2.35. The molecule has 4 rings (SSSR count). The Morgan fingerprint density at radius 3 is 2.55 bits per heavy atom. The molecule has 29 heavy (non-hydrogen) atoms. The Balaban J connectivity index is 1.49. The fraction of sp³-hybridized carbons (Fsp3) is 0.368. The number of imidazole rings is 1. The maximum Gasteiger partial charge on any atom is 0.416 e. The number of halogens is 3. The van der Waals surface area contributed by atoms with Gasteiger partial charge in [-0.05, 0) is 48.7 Å². The second-order valence-electron chi connectivity index (χ2n) is 7.18. The van der Waals surface area contributed by atoms with Gasteiger partial charge in [0.05, 0.1) is 10.5 Å². The fourth-order valence-corrected chi connectivity index (χ4v) is 5.19. The number of sulfonamides is 1. The maximum absolute atomic E-state index is 12.8. The first-order valence-electron chi connectivity index (χ1n) is 9.10. The van der Waals surface area contributed by atoms with E-state index in [9.17, 15) is 21.6 Å². The molecule has 6 nitrogen and oxygen atoms in total. The summed E-state index contributed by atoms with van der Waals surface area (Å²) in [7, 11) is -1.96. The van der Waals surface area contributed by atoms with E-state index in [4.69, 9.17) is 0 Å². The smallest absolute Gasteiger partial charge is 0.316 e. The van der Waals surface area contributed by atoms with Gasteiger partial charge in [0.2, 0.25) is 10.0 Å². The molecule has 1 atom stereocenters. The number of pyridine rings is 1. The van der Waals surface area contributed by atoms with Crippen molar-refractivity contribution in [2.45, 2.75) is 23.9 Å². The molecule has 0 saturated carbocycles. The van der Waals surface area contributed by atoms with Crippen molar-refractivity contribution in [1.82, 2.24) is 18.8 Å². The molecule has 0 unspecified atom stereocenters. The zero-order valence-electron chi connectivity index (χ0n) is 15.6. The summed E-state index contributed by atoms with van der Waals surface area (Å²) in [6.45, 7) is 0.635. The van der Waals surface area contributed by atoms with Crippen molar-refractivity contribution in [2.24, 2.45) is 13.0 Å². The van der Waals surface area contributed by atoms with Crippen molar-refractivity contribution in [3.63, 3.8) is 0 Å². The van der Waals surface area contributed by atoms with Gasteiger partial charge in [-0.1, -0.05) is 0 Å². The average molecular weight is 424 g/mol. The van der Waals surface area contributed by atoms with Gasteiger partial charge in [0, 0.05) is 32.8 Å². The lowest BCUT2D eigenvalue weighted by molar-refractivity contribution is -0.137. The van der Waals surface area contributed by atoms with Crippen LogP contribution < -0.4 is 0 Å². The number of rotatable bonds is 4. The van der Waals surface area contributed by atoms with Gasteiger partial charge in [-0.15, -0.1) is 0 Å². The number of hydrogen-bond acceptors (Lipinski definition) is 4. The lowest BCUT2D eigenvalue weighted by Gasteiger charge is -2.17. The monoisotopic (exact) mass is 424 g/mol. The number of hydrogen-bond donors (Lipinski definition) is 0. The van der Waals surface area contributed by atoms with E-state index in [1.54, 1.807) is 6.20 Å². The number of aromatic nitrogens is 3. The summed E-state index contributed by atoms with van der Waals surface area (Å²) in [4.78, 5) is 8.76. The molecule has 0 aliphatic carbocycles. The molecule has 0 N–H and O–H groups in total. The SMILES string of the molecule is Cn1c(C[C@@H]2CCN(S(=O)(=O)c3ccc(C(F)(F)F)cc3)C2)nc2cccnc21. The molecule has 1 saturated heterocycles. The second-order valence-corrected chi connectivity index (χ2v) is 9.12. The number of nitrogens with zero attached hydrogens (tertiary/aromatic N) is 4. The number of benzene rings is 1. The van der Waals surface area contributed by atoms with Crippen LogP contribution in [0.2, 0.25) is 0 Å². The van der Waals surface area contributed by atoms with Crippen molar-refractivity contribution >= 4 is 21.2 Å². The van der Waals surface area contributed by atoms with Gasteiger partial charge in [0.1, 0.15) is 11.3 Å². The summed E-state index contributed by atoms with van der Waals surface area (Å²) in [5, 5.41) is 0. The summed E-state index contributed by atoms with van der Waals surface area (Å²) < 4.78 is 67.0. The highest BCUT2D eigenvalue weighted by molar-refractivity contribution is 7.89. The normalized spacial score (nSPS) is 18.6. The highest BCUT2D eigenvalue weighted by atomic mass is 32.2. The molecule has 1 aliphatic heterocycles. The quantitative estimate of drug-likeness (QED) is 0.645. The zero-order chi connectivity index (χ0) is 20.8. The van der Waals surface area contributed by atoms with E-state index in [0.29, 0.717) is 25.9 Å². The summed E-state index contributed by atoms with van der Waals surface area (Å²) in [6, 6.07) is 7.32. The minimum absolute atomic E-state index is 0.0785. The van der Waals surface area contributed by atoms with Gasteiger partial charge >= 0.3 is 6.18 Å². The summed E-state index contributed by atoms with van der Waals surface area (Å²) in [6.07, 6.45) is -1.54. The molecule has 3 aromatic rings. The van der Waals surface area contributed by atoms with Crippen LogP contribution in [0.15, 0.2) is 47.5 Å². The minimum Gasteiger partial charge on any atom is -0.316 e. The van der Waals surface area contributed by atoms with Crippen LogP contribution in [0.25, 0.3) is 11.2 Å². The van der Waals surface area contributed by atoms with Crippen molar-refractivity contribution in [1.29, 1.82) is 0 Å². The van der Waals surface area contributed by atoms with E-state index < -0.39 is 21.8 Å². The molecule has 0 spiro atoms. The maximum atomic E-state index is 12.8. The molecule has 154 valence electrons. The molecule has 1 aliphatic rings. The summed E-state index contributed by atoms with van der Waals surface area (Å²) in [5.41, 5.74) is 0.693. The van der Waals surface area contributed by atoms with E-state index >= 15 is 0 Å². The summed E-state index contributed by atoms with van der Waals surface area (Å²) in [5.74, 6) is 0.909. The topological polar surface area (TPSA) is 68.1 Å². The predicted molar refractivity (Wildman–Crippen MR) is 101 cm³/mol. The van der Waals surface area contributed by atoms with Gasteiger partial charge < -0.3 is 4.57 Å². The molecule has 10 heteroatoms. The molecule has 3 heterocycles. The van der Waals surface area contributed by atoms with Gasteiger partial charge in [-0.25, -0.2) is 18.4 Å². The molecule has 0 bridgehead atoms. The van der Waals surface area contributed by atoms with Crippen LogP contribution in [-0.4, -0.2) is 40.3 Å². The lowest BCUT2D eigenvalue weighted by Crippen LogP contribution is -2.29. The first-order chi connectivity index (χ1) is 13.7. The first kappa shape index (κ1) is 19.8. The Morgan fingerprint density at radius 1 is 1.17 bits per heavy atom. The van der Waals surface area contributed by atoms with Crippen molar-refractivity contribution in [3.05, 3.63) is 54.0 Å². The second kappa shape index (κ2) is 7.10. The highest BCUT2D eigenvalue weighted by Crippen LogP contribution is 2.31. The Kier molecular flexibility index (Phi) is 4.86. The van der Waals surface area contributed by atoms with E-state index in [2.05, 4.69) is 9.97 Å². The van der Waals surface area contributed by atoms with Crippen molar-refractivity contribution in [3.8, 4) is 0 Å². The molecule has 1 aromatic carbocycles. The van der Waals surface area contributed by atoms with Gasteiger partial charge in [0.15, 0.2) is 5.65 Å². The van der Waals surface area contributed by atoms with Crippen LogP contribution in [0, 0.1) is 5.92 Å². The third-order valence-corrected chi connectivity index (χ3v) is 7.14. The van der Waals surface area contributed by atoms with Crippen molar-refractivity contribution in [2.75, 3.05) is 13.1 Å². The predicted octanol–water partition coefficient (Wildman–Crippen LogP) is 3.24. The molecule has 1 fully saturated rings. The van der Waals surface area contributed by atoms with Gasteiger partial charge in [-0.2, -0.15) is 17.5 Å². The molecular weight excluding hydrogens is 405 g/mol. The largest absolute Gasteiger partial charge is 0.416 e. The number of alkyl halides is 3. The Morgan fingerprint density at radius 2 is 1.90 bits per heavy atom. The first-order valence-corrected chi connectivity index (χ1v) is 10.5. The molecular formula is C19H19F3N4O2S. The molecule has 2 aromatic heterocycles. The summed E-state index contributed by atoms with van der Waals surface area (Å²) >= 11 is 0. The average Bonchev–Trinajstić information content (AvgIpc) is 3.27. The van der Waals surface area contributed by atoms with Crippen LogP contribution >= 0.6 is 0 Å². The Labute approximate surface area is 166 Å². The van der Waals surface area contributed by atoms with E-state index in [0.717, 1.165) is 41.3 Å². The molecule has 0 amide bonds. The van der Waals surface area contributed by atoms with Crippen molar-refractivity contribution < 1.29 is 21.6 Å². The van der Waals surface area contributed by atoms with Crippen LogP contribution in [0.3, 0.4) is 0 Å². The molecule has 0 radical (unpaired) electrons. The minimum atomic E-state index is -4.50. The van der Waals surface area contributed by atoms with E-state index in [-0.39, 0.29) is 10.8 Å². The fourth-order valence-electron chi connectivity index (χ4n) is 3.66. The lowest BCUT2D eigenvalue weighted by atomic mass is 10.1. The van der Waals surface area contributed by atoms with Crippen LogP contribution in [-0.2, 0) is 29.7 Å². The Bertz CT molecular complexity index is 1140. The number of aryl methyl sites for hydroxylation is 1. The van der Waals surface area contributed by atoms with E-state index in [1.165, 1.54) is 4.31 Å². The number of fused-ring (bicyclic) bond motifs is 1. The zero-order valence-corrected chi connectivity index (χ0v) is 16.4. The third kappa shape index (κ3) is 3.74. The van der Waals surface area contributed by atoms with Crippen LogP contribution in [0.4, 0.5) is 13.2 Å². The standard InChI is InChI=1S/C19H19F3N4O2S/c1-25-17(24-16-3-2-9-23-18(16)25)11-13-8-10-26(12-13)29(27,28)15-6-4-14(5-7-15)19(20,21)22/h2-7,9,13H,8,10-12H2,1H3/t13-/m0/s1. The van der Waals surface area contributed by atoms with Crippen LogP contribution in [0.1, 0.15) is 17.8 Å². The third-order valence-electron chi connectivity index (χ3n) is 5.26.